The molecule has 1 aromatic rings. The molecule has 0 saturated heterocycles. The lowest BCUT2D eigenvalue weighted by molar-refractivity contribution is -0.163. The Bertz CT molecular complexity index is 623. The van der Waals surface area contributed by atoms with Crippen molar-refractivity contribution in [2.45, 2.75) is 51.4 Å². The maximum atomic E-state index is 12.0. The second-order valence-corrected chi connectivity index (χ2v) is 7.51. The van der Waals surface area contributed by atoms with E-state index in [4.69, 9.17) is 9.84 Å². The number of carboxylic acids is 1. The van der Waals surface area contributed by atoms with Gasteiger partial charge in [0.15, 0.2) is 6.10 Å². The summed E-state index contributed by atoms with van der Waals surface area (Å²) >= 11 is 3.31. The zero-order valence-corrected chi connectivity index (χ0v) is 15.9. The maximum absolute atomic E-state index is 12.0. The number of carboxylic acid groups (broad SMARTS) is 1. The quantitative estimate of drug-likeness (QED) is 0.480. The van der Waals surface area contributed by atoms with Crippen LogP contribution in [-0.4, -0.2) is 45.8 Å². The number of benzene rings is 1. The van der Waals surface area contributed by atoms with Crippen molar-refractivity contribution < 1.29 is 29.3 Å². The van der Waals surface area contributed by atoms with E-state index in [0.29, 0.717) is 0 Å². The Hall–Kier alpha value is -1.93. The van der Waals surface area contributed by atoms with E-state index in [9.17, 15) is 19.5 Å². The van der Waals surface area contributed by atoms with E-state index in [1.54, 1.807) is 45.0 Å². The van der Waals surface area contributed by atoms with Gasteiger partial charge in [-0.25, -0.2) is 9.59 Å². The number of carbonyl (C=O) groups is 3. The van der Waals surface area contributed by atoms with Gasteiger partial charge in [0.2, 0.25) is 0 Å². The van der Waals surface area contributed by atoms with Crippen molar-refractivity contribution in [3.05, 3.63) is 34.3 Å². The van der Waals surface area contributed by atoms with Crippen LogP contribution in [0.2, 0.25) is 0 Å². The van der Waals surface area contributed by atoms with Crippen LogP contribution in [0.25, 0.3) is 0 Å². The van der Waals surface area contributed by atoms with Crippen molar-refractivity contribution in [3.63, 3.8) is 0 Å². The third kappa shape index (κ3) is 8.13. The molecule has 3 N–H and O–H groups in total. The Morgan fingerprint density at radius 2 is 1.76 bits per heavy atom. The van der Waals surface area contributed by atoms with E-state index < -0.39 is 35.6 Å². The summed E-state index contributed by atoms with van der Waals surface area (Å²) in [6.07, 6.45) is -1.63. The van der Waals surface area contributed by atoms with Crippen molar-refractivity contribution in [1.29, 1.82) is 0 Å². The first-order chi connectivity index (χ1) is 11.5. The molecule has 138 valence electrons. The fourth-order valence-corrected chi connectivity index (χ4v) is 2.30. The van der Waals surface area contributed by atoms with Crippen molar-refractivity contribution in [1.82, 2.24) is 5.32 Å². The average molecular weight is 416 g/mol. The predicted octanol–water partition coefficient (Wildman–Crippen LogP) is 1.65. The first-order valence-corrected chi connectivity index (χ1v) is 8.46. The van der Waals surface area contributed by atoms with Gasteiger partial charge >= 0.3 is 17.8 Å². The first kappa shape index (κ1) is 21.1. The molecular formula is C17H22BrNO6. The minimum atomic E-state index is -1.65. The lowest BCUT2D eigenvalue weighted by Crippen LogP contribution is -2.45. The molecule has 7 nitrogen and oxygen atoms in total. The van der Waals surface area contributed by atoms with Crippen LogP contribution < -0.4 is 5.32 Å². The molecule has 1 amide bonds. The number of carbonyl (C=O) groups excluding carboxylic acids is 2. The third-order valence-corrected chi connectivity index (χ3v) is 3.64. The fraction of sp³-hybridized carbons (Fsp3) is 0.471. The number of aliphatic hydroxyl groups is 1. The Labute approximate surface area is 154 Å². The third-order valence-electron chi connectivity index (χ3n) is 3.11. The Balaban J connectivity index is 2.83. The van der Waals surface area contributed by atoms with Gasteiger partial charge in [0.1, 0.15) is 5.60 Å². The van der Waals surface area contributed by atoms with E-state index in [1.807, 2.05) is 0 Å². The van der Waals surface area contributed by atoms with Crippen molar-refractivity contribution in [2.24, 2.45) is 0 Å². The monoisotopic (exact) mass is 415 g/mol. The van der Waals surface area contributed by atoms with Crippen LogP contribution in [0.1, 0.15) is 32.8 Å². The summed E-state index contributed by atoms with van der Waals surface area (Å²) in [5.74, 6) is -3.43. The van der Waals surface area contributed by atoms with Crippen LogP contribution in [0, 0.1) is 0 Å². The highest BCUT2D eigenvalue weighted by molar-refractivity contribution is 9.10. The first-order valence-electron chi connectivity index (χ1n) is 7.67. The number of halogens is 1. The smallest absolute Gasteiger partial charge is 0.397 e. The van der Waals surface area contributed by atoms with Crippen LogP contribution in [-0.2, 0) is 25.5 Å². The highest BCUT2D eigenvalue weighted by Crippen LogP contribution is 2.14. The van der Waals surface area contributed by atoms with Gasteiger partial charge in [0.05, 0.1) is 0 Å². The number of hydrogen-bond acceptors (Lipinski definition) is 5. The SMILES string of the molecule is CC(C)(C)OC(=O)C(=O)N[C@H](Cc1ccc(Br)cc1)C[C@@H](O)C(=O)O. The molecule has 0 aliphatic carbocycles. The zero-order chi connectivity index (χ0) is 19.2. The molecule has 0 aliphatic heterocycles. The molecule has 25 heavy (non-hydrogen) atoms. The van der Waals surface area contributed by atoms with Crippen molar-refractivity contribution >= 4 is 33.8 Å². The van der Waals surface area contributed by atoms with Crippen LogP contribution in [0.15, 0.2) is 28.7 Å². The predicted molar refractivity (Wildman–Crippen MR) is 93.9 cm³/mol. The van der Waals surface area contributed by atoms with E-state index in [2.05, 4.69) is 21.2 Å². The van der Waals surface area contributed by atoms with E-state index >= 15 is 0 Å². The summed E-state index contributed by atoms with van der Waals surface area (Å²) in [7, 11) is 0. The van der Waals surface area contributed by atoms with Gasteiger partial charge in [-0.05, 0) is 44.9 Å². The van der Waals surface area contributed by atoms with Gasteiger partial charge in [-0.15, -0.1) is 0 Å². The molecular weight excluding hydrogens is 394 g/mol. The van der Waals surface area contributed by atoms with Gasteiger partial charge in [0.25, 0.3) is 0 Å². The number of amides is 1. The number of ether oxygens (including phenoxy) is 1. The molecule has 1 aromatic carbocycles. The molecule has 0 spiro atoms. The summed E-state index contributed by atoms with van der Waals surface area (Å²) in [4.78, 5) is 34.7. The fourth-order valence-electron chi connectivity index (χ4n) is 2.04. The molecule has 8 heteroatoms. The molecule has 0 saturated carbocycles. The topological polar surface area (TPSA) is 113 Å². The molecule has 0 heterocycles. The Kier molecular flexibility index (Phi) is 7.57. The summed E-state index contributed by atoms with van der Waals surface area (Å²) < 4.78 is 5.85. The van der Waals surface area contributed by atoms with Crippen LogP contribution in [0.5, 0.6) is 0 Å². The minimum Gasteiger partial charge on any atom is -0.479 e. The largest absolute Gasteiger partial charge is 0.479 e. The molecule has 0 fully saturated rings. The minimum absolute atomic E-state index is 0.236. The van der Waals surface area contributed by atoms with E-state index in [1.165, 1.54) is 0 Å². The lowest BCUT2D eigenvalue weighted by atomic mass is 10.0. The average Bonchev–Trinajstić information content (AvgIpc) is 2.47. The second kappa shape index (κ2) is 8.96. The van der Waals surface area contributed by atoms with Gasteiger partial charge in [0, 0.05) is 16.9 Å². The van der Waals surface area contributed by atoms with Crippen LogP contribution in [0.3, 0.4) is 0 Å². The number of hydrogen-bond donors (Lipinski definition) is 3. The van der Waals surface area contributed by atoms with Gasteiger partial charge in [-0.1, -0.05) is 28.1 Å². The van der Waals surface area contributed by atoms with Crippen molar-refractivity contribution in [2.75, 3.05) is 0 Å². The van der Waals surface area contributed by atoms with Crippen LogP contribution >= 0.6 is 15.9 Å². The van der Waals surface area contributed by atoms with E-state index in [0.717, 1.165) is 10.0 Å². The van der Waals surface area contributed by atoms with Crippen molar-refractivity contribution in [3.8, 4) is 0 Å². The highest BCUT2D eigenvalue weighted by Gasteiger charge is 2.27. The molecule has 0 bridgehead atoms. The summed E-state index contributed by atoms with van der Waals surface area (Å²) in [6, 6.07) is 6.45. The lowest BCUT2D eigenvalue weighted by Gasteiger charge is -2.22. The Morgan fingerprint density at radius 3 is 2.24 bits per heavy atom. The summed E-state index contributed by atoms with van der Waals surface area (Å²) in [5, 5.41) is 20.9. The maximum Gasteiger partial charge on any atom is 0.397 e. The molecule has 2 atom stereocenters. The van der Waals surface area contributed by atoms with Gasteiger partial charge in [-0.3, -0.25) is 4.79 Å². The molecule has 0 radical (unpaired) electrons. The van der Waals surface area contributed by atoms with Crippen LogP contribution in [0.4, 0.5) is 0 Å². The van der Waals surface area contributed by atoms with Gasteiger partial charge < -0.3 is 20.3 Å². The second-order valence-electron chi connectivity index (χ2n) is 6.59. The van der Waals surface area contributed by atoms with Gasteiger partial charge in [-0.2, -0.15) is 0 Å². The molecule has 1 rings (SSSR count). The molecule has 0 unspecified atom stereocenters. The molecule has 0 aromatic heterocycles. The molecule has 0 aliphatic rings. The normalized spacial score (nSPS) is 13.6. The number of aliphatic hydroxyl groups excluding tert-OH is 1. The summed E-state index contributed by atoms with van der Waals surface area (Å²) in [6.45, 7) is 4.89. The number of rotatable bonds is 6. The Morgan fingerprint density at radius 1 is 1.20 bits per heavy atom. The number of aliphatic carboxylic acids is 1. The zero-order valence-electron chi connectivity index (χ0n) is 14.3. The number of esters is 1. The standard InChI is InChI=1S/C17H22BrNO6/c1-17(2,3)25-16(24)14(21)19-12(9-13(20)15(22)23)8-10-4-6-11(18)7-5-10/h4-7,12-13,20H,8-9H2,1-3H3,(H,19,21)(H,22,23)/t12-,13-/m1/s1. The highest BCUT2D eigenvalue weighted by atomic mass is 79.9. The number of nitrogens with one attached hydrogen (secondary N) is 1. The van der Waals surface area contributed by atoms with E-state index in [-0.39, 0.29) is 12.8 Å². The summed E-state index contributed by atoms with van der Waals surface area (Å²) in [5.41, 5.74) is -0.00814.